The molecular weight excluding hydrogens is 312 g/mol. The van der Waals surface area contributed by atoms with Crippen LogP contribution in [0.15, 0.2) is 0 Å². The van der Waals surface area contributed by atoms with Gasteiger partial charge < -0.3 is 0 Å². The molecule has 0 aliphatic heterocycles. The van der Waals surface area contributed by atoms with E-state index in [4.69, 9.17) is 0 Å². The van der Waals surface area contributed by atoms with Crippen molar-refractivity contribution in [3.05, 3.63) is 5.92 Å². The highest BCUT2D eigenvalue weighted by Gasteiger charge is 2.21. The molecule has 26 heavy (non-hydrogen) atoms. The smallest absolute Gasteiger partial charge is 0.0210 e. The monoisotopic (exact) mass is 365 g/mol. The summed E-state index contributed by atoms with van der Waals surface area (Å²) in [5, 5.41) is 0. The molecule has 0 saturated carbocycles. The van der Waals surface area contributed by atoms with Crippen LogP contribution in [0.25, 0.3) is 0 Å². The van der Waals surface area contributed by atoms with Gasteiger partial charge in [0.25, 0.3) is 0 Å². The average molecular weight is 366 g/mol. The van der Waals surface area contributed by atoms with Crippen LogP contribution in [0.4, 0.5) is 0 Å². The van der Waals surface area contributed by atoms with Gasteiger partial charge in [0.1, 0.15) is 0 Å². The first-order valence-corrected chi connectivity index (χ1v) is 12.4. The summed E-state index contributed by atoms with van der Waals surface area (Å²) >= 11 is 0. The van der Waals surface area contributed by atoms with Gasteiger partial charge in [-0.1, -0.05) is 119 Å². The van der Waals surface area contributed by atoms with Crippen molar-refractivity contribution >= 4 is 0 Å². The molecule has 1 radical (unpaired) electrons. The van der Waals surface area contributed by atoms with Crippen LogP contribution in [-0.4, -0.2) is 0 Å². The molecule has 0 rings (SSSR count). The van der Waals surface area contributed by atoms with E-state index in [1.165, 1.54) is 103 Å². The van der Waals surface area contributed by atoms with Crippen LogP contribution in [0.1, 0.15) is 144 Å². The molecule has 0 N–H and O–H groups in total. The Morgan fingerprint density at radius 3 is 1.62 bits per heavy atom. The van der Waals surface area contributed by atoms with E-state index in [1.807, 2.05) is 5.92 Å². The Bertz CT molecular complexity index is 265. The van der Waals surface area contributed by atoms with Gasteiger partial charge in [0, 0.05) is 0 Å². The molecule has 0 saturated heterocycles. The van der Waals surface area contributed by atoms with Crippen molar-refractivity contribution in [2.45, 2.75) is 144 Å². The van der Waals surface area contributed by atoms with Gasteiger partial charge in [-0.15, -0.1) is 0 Å². The van der Waals surface area contributed by atoms with Crippen LogP contribution in [0.5, 0.6) is 0 Å². The molecule has 1 unspecified atom stereocenters. The predicted octanol–water partition coefficient (Wildman–Crippen LogP) is 9.77. The Balaban J connectivity index is 4.59. The minimum absolute atomic E-state index is 0.856. The molecule has 0 aliphatic carbocycles. The summed E-state index contributed by atoms with van der Waals surface area (Å²) in [5.41, 5.74) is 0. The topological polar surface area (TPSA) is 0 Å². The van der Waals surface area contributed by atoms with Gasteiger partial charge in [-0.05, 0) is 49.4 Å². The zero-order valence-electron chi connectivity index (χ0n) is 19.5. The van der Waals surface area contributed by atoms with Gasteiger partial charge in [0.2, 0.25) is 0 Å². The molecule has 0 spiro atoms. The number of hydrogen-bond acceptors (Lipinski definition) is 0. The van der Waals surface area contributed by atoms with Crippen molar-refractivity contribution in [3.8, 4) is 0 Å². The normalized spacial score (nSPS) is 13.3. The maximum Gasteiger partial charge on any atom is -0.0210 e. The third-order valence-electron chi connectivity index (χ3n) is 5.96. The lowest BCUT2D eigenvalue weighted by Gasteiger charge is -2.28. The Labute approximate surface area is 168 Å². The van der Waals surface area contributed by atoms with Crippen LogP contribution in [0.2, 0.25) is 0 Å². The van der Waals surface area contributed by atoms with Gasteiger partial charge in [-0.2, -0.15) is 0 Å². The first-order valence-electron chi connectivity index (χ1n) is 12.4. The summed E-state index contributed by atoms with van der Waals surface area (Å²) in [5.74, 6) is 4.60. The van der Waals surface area contributed by atoms with Crippen LogP contribution in [-0.2, 0) is 0 Å². The van der Waals surface area contributed by atoms with Crippen molar-refractivity contribution in [1.29, 1.82) is 0 Å². The van der Waals surface area contributed by atoms with Crippen molar-refractivity contribution < 1.29 is 0 Å². The second-order valence-corrected chi connectivity index (χ2v) is 9.63. The fourth-order valence-corrected chi connectivity index (χ4v) is 4.13. The van der Waals surface area contributed by atoms with E-state index in [0.29, 0.717) is 0 Å². The highest BCUT2D eigenvalue weighted by molar-refractivity contribution is 4.96. The lowest BCUT2D eigenvalue weighted by atomic mass is 9.77. The second-order valence-electron chi connectivity index (χ2n) is 9.63. The molecule has 0 nitrogen and oxygen atoms in total. The van der Waals surface area contributed by atoms with E-state index in [0.717, 1.165) is 17.8 Å². The molecule has 0 heteroatoms. The van der Waals surface area contributed by atoms with Gasteiger partial charge in [-0.3, -0.25) is 0 Å². The average Bonchev–Trinajstić information content (AvgIpc) is 2.59. The predicted molar refractivity (Wildman–Crippen MR) is 122 cm³/mol. The standard InChI is InChI=1S/C26H53/c1-7-9-11-13-15-18-25(20-16-17-23(3)4)26(22-21-24(5)6)19-14-12-10-8-2/h23-24,26H,7-22H2,1-6H3. The van der Waals surface area contributed by atoms with E-state index in [-0.39, 0.29) is 0 Å². The Kier molecular flexibility index (Phi) is 18.4. The van der Waals surface area contributed by atoms with Gasteiger partial charge in [0.05, 0.1) is 0 Å². The van der Waals surface area contributed by atoms with E-state index >= 15 is 0 Å². The SMILES string of the molecule is CCCCCCC[C](CCCC(C)C)C(CCCCCC)CCC(C)C. The van der Waals surface area contributed by atoms with Crippen LogP contribution in [0, 0.1) is 23.7 Å². The molecule has 0 aromatic carbocycles. The van der Waals surface area contributed by atoms with Gasteiger partial charge in [-0.25, -0.2) is 0 Å². The fourth-order valence-electron chi connectivity index (χ4n) is 4.13. The molecule has 157 valence electrons. The molecule has 0 aliphatic rings. The minimum atomic E-state index is 0.856. The summed E-state index contributed by atoms with van der Waals surface area (Å²) in [6, 6.07) is 0. The van der Waals surface area contributed by atoms with E-state index < -0.39 is 0 Å². The molecule has 0 bridgehead atoms. The van der Waals surface area contributed by atoms with Crippen molar-refractivity contribution in [2.75, 3.05) is 0 Å². The lowest BCUT2D eigenvalue weighted by molar-refractivity contribution is 0.356. The molecule has 1 atom stereocenters. The third kappa shape index (κ3) is 16.2. The number of unbranched alkanes of at least 4 members (excludes halogenated alkanes) is 7. The maximum absolute atomic E-state index is 2.40. The molecule has 0 aromatic rings. The zero-order chi connectivity index (χ0) is 19.6. The first kappa shape index (κ1) is 26.0. The zero-order valence-corrected chi connectivity index (χ0v) is 19.5. The fraction of sp³-hybridized carbons (Fsp3) is 0.962. The molecule has 0 aromatic heterocycles. The molecule has 0 amide bonds. The van der Waals surface area contributed by atoms with Crippen LogP contribution in [0.3, 0.4) is 0 Å². The molecule has 0 fully saturated rings. The van der Waals surface area contributed by atoms with E-state index in [1.54, 1.807) is 0 Å². The second kappa shape index (κ2) is 18.4. The Hall–Kier alpha value is 0. The largest absolute Gasteiger partial charge is 0.0654 e. The number of rotatable bonds is 19. The van der Waals surface area contributed by atoms with Crippen molar-refractivity contribution in [1.82, 2.24) is 0 Å². The highest BCUT2D eigenvalue weighted by Crippen LogP contribution is 2.35. The highest BCUT2D eigenvalue weighted by atomic mass is 14.3. The Morgan fingerprint density at radius 2 is 1.04 bits per heavy atom. The van der Waals surface area contributed by atoms with Crippen molar-refractivity contribution in [2.24, 2.45) is 17.8 Å². The third-order valence-corrected chi connectivity index (χ3v) is 5.96. The summed E-state index contributed by atoms with van der Waals surface area (Å²) in [6.45, 7) is 14.2. The molecule has 0 heterocycles. The summed E-state index contributed by atoms with van der Waals surface area (Å²) in [4.78, 5) is 0. The summed E-state index contributed by atoms with van der Waals surface area (Å²) in [6.07, 6.45) is 22.9. The first-order chi connectivity index (χ1) is 12.5. The van der Waals surface area contributed by atoms with Gasteiger partial charge >= 0.3 is 0 Å². The summed E-state index contributed by atoms with van der Waals surface area (Å²) in [7, 11) is 0. The van der Waals surface area contributed by atoms with Crippen LogP contribution >= 0.6 is 0 Å². The maximum atomic E-state index is 2.40. The van der Waals surface area contributed by atoms with E-state index in [9.17, 15) is 0 Å². The quantitative estimate of drug-likeness (QED) is 0.200. The molecular formula is C26H53. The Morgan fingerprint density at radius 1 is 0.500 bits per heavy atom. The van der Waals surface area contributed by atoms with Crippen molar-refractivity contribution in [3.63, 3.8) is 0 Å². The lowest BCUT2D eigenvalue weighted by Crippen LogP contribution is -2.15. The minimum Gasteiger partial charge on any atom is -0.0654 e. The summed E-state index contributed by atoms with van der Waals surface area (Å²) < 4.78 is 0. The number of hydrogen-bond donors (Lipinski definition) is 0. The van der Waals surface area contributed by atoms with Gasteiger partial charge in [0.15, 0.2) is 0 Å². The van der Waals surface area contributed by atoms with Crippen LogP contribution < -0.4 is 0 Å². The van der Waals surface area contributed by atoms with E-state index in [2.05, 4.69) is 41.5 Å².